The number of hydrogen-bond acceptors (Lipinski definition) is 4. The van der Waals surface area contributed by atoms with E-state index in [0.717, 1.165) is 40.0 Å². The number of amides is 1. The summed E-state index contributed by atoms with van der Waals surface area (Å²) >= 11 is 1.82. The molecule has 21 heavy (non-hydrogen) atoms. The molecular weight excluding hydrogens is 286 g/mol. The molecule has 0 radical (unpaired) electrons. The first-order chi connectivity index (χ1) is 10.2. The van der Waals surface area contributed by atoms with Crippen molar-refractivity contribution in [2.75, 3.05) is 12.4 Å². The van der Waals surface area contributed by atoms with Crippen LogP contribution in [-0.4, -0.2) is 22.8 Å². The standard InChI is InChI=1S/C15H17N3O2S/c1-3-14(19)16-15-12-8-21-9-13(12)17-18(15)10-4-6-11(20-2)7-5-10/h4-7H,3,8-9H2,1-2H3,(H,16,19). The van der Waals surface area contributed by atoms with Crippen LogP contribution in [-0.2, 0) is 16.3 Å². The number of nitrogens with zero attached hydrogens (tertiary/aromatic N) is 2. The zero-order chi connectivity index (χ0) is 14.8. The van der Waals surface area contributed by atoms with Crippen LogP contribution in [0.1, 0.15) is 24.6 Å². The zero-order valence-corrected chi connectivity index (χ0v) is 12.9. The maximum absolute atomic E-state index is 11.8. The van der Waals surface area contributed by atoms with E-state index < -0.39 is 0 Å². The highest BCUT2D eigenvalue weighted by Crippen LogP contribution is 2.36. The van der Waals surface area contributed by atoms with Crippen LogP contribution in [0, 0.1) is 0 Å². The fourth-order valence-corrected chi connectivity index (χ4v) is 3.31. The highest BCUT2D eigenvalue weighted by molar-refractivity contribution is 7.98. The molecule has 0 unspecified atom stereocenters. The van der Waals surface area contributed by atoms with E-state index in [1.807, 2.05) is 47.6 Å². The van der Waals surface area contributed by atoms with Crippen LogP contribution in [0.4, 0.5) is 5.82 Å². The number of anilines is 1. The lowest BCUT2D eigenvalue weighted by molar-refractivity contribution is -0.115. The van der Waals surface area contributed by atoms with Crippen molar-refractivity contribution in [3.8, 4) is 11.4 Å². The molecule has 6 heteroatoms. The number of aromatic nitrogens is 2. The summed E-state index contributed by atoms with van der Waals surface area (Å²) in [6, 6.07) is 7.66. The molecule has 5 nitrogen and oxygen atoms in total. The number of hydrogen-bond donors (Lipinski definition) is 1. The van der Waals surface area contributed by atoms with E-state index in [4.69, 9.17) is 4.74 Å². The molecule has 0 bridgehead atoms. The van der Waals surface area contributed by atoms with Gasteiger partial charge in [-0.1, -0.05) is 6.92 Å². The lowest BCUT2D eigenvalue weighted by Gasteiger charge is -2.11. The Balaban J connectivity index is 2.02. The van der Waals surface area contributed by atoms with Gasteiger partial charge in [0.25, 0.3) is 0 Å². The fraction of sp³-hybridized carbons (Fsp3) is 0.333. The van der Waals surface area contributed by atoms with E-state index in [2.05, 4.69) is 10.4 Å². The number of fused-ring (bicyclic) bond motifs is 1. The van der Waals surface area contributed by atoms with Crippen molar-refractivity contribution in [1.29, 1.82) is 0 Å². The minimum absolute atomic E-state index is 0.00404. The second-order valence-electron chi connectivity index (χ2n) is 4.78. The molecule has 1 N–H and O–H groups in total. The van der Waals surface area contributed by atoms with Gasteiger partial charge in [-0.2, -0.15) is 16.9 Å². The van der Waals surface area contributed by atoms with E-state index >= 15 is 0 Å². The van der Waals surface area contributed by atoms with Gasteiger partial charge >= 0.3 is 0 Å². The van der Waals surface area contributed by atoms with Gasteiger partial charge in [0.1, 0.15) is 11.6 Å². The molecule has 3 rings (SSSR count). The average molecular weight is 303 g/mol. The molecule has 0 aliphatic carbocycles. The van der Waals surface area contributed by atoms with Crippen LogP contribution in [0.3, 0.4) is 0 Å². The first-order valence-electron chi connectivity index (χ1n) is 6.85. The van der Waals surface area contributed by atoms with Crippen molar-refractivity contribution in [1.82, 2.24) is 9.78 Å². The van der Waals surface area contributed by atoms with E-state index in [9.17, 15) is 4.79 Å². The van der Waals surface area contributed by atoms with E-state index in [1.54, 1.807) is 7.11 Å². The number of carbonyl (C=O) groups is 1. The van der Waals surface area contributed by atoms with Crippen LogP contribution in [0.25, 0.3) is 5.69 Å². The molecule has 0 atom stereocenters. The second kappa shape index (κ2) is 5.81. The topological polar surface area (TPSA) is 56.2 Å². The Labute approximate surface area is 127 Å². The summed E-state index contributed by atoms with van der Waals surface area (Å²) in [6.45, 7) is 1.85. The number of benzene rings is 1. The van der Waals surface area contributed by atoms with E-state index in [1.165, 1.54) is 0 Å². The Hall–Kier alpha value is -1.95. The molecule has 0 fully saturated rings. The number of nitrogens with one attached hydrogen (secondary N) is 1. The van der Waals surface area contributed by atoms with Gasteiger partial charge in [0.2, 0.25) is 5.91 Å². The quantitative estimate of drug-likeness (QED) is 0.943. The van der Waals surface area contributed by atoms with Crippen molar-refractivity contribution in [2.45, 2.75) is 24.9 Å². The fourth-order valence-electron chi connectivity index (χ4n) is 2.27. The summed E-state index contributed by atoms with van der Waals surface area (Å²) in [6.07, 6.45) is 0.454. The molecule has 1 aliphatic heterocycles. The molecule has 2 aromatic rings. The third kappa shape index (κ3) is 2.63. The van der Waals surface area contributed by atoms with Gasteiger partial charge < -0.3 is 10.1 Å². The first-order valence-corrected chi connectivity index (χ1v) is 8.01. The first kappa shape index (κ1) is 14.0. The number of ether oxygens (including phenoxy) is 1. The largest absolute Gasteiger partial charge is 0.497 e. The lowest BCUT2D eigenvalue weighted by Crippen LogP contribution is -2.14. The molecular formula is C15H17N3O2S. The van der Waals surface area contributed by atoms with Gasteiger partial charge in [0.05, 0.1) is 18.5 Å². The van der Waals surface area contributed by atoms with Crippen LogP contribution < -0.4 is 10.1 Å². The third-order valence-corrected chi connectivity index (χ3v) is 4.42. The summed E-state index contributed by atoms with van der Waals surface area (Å²) in [7, 11) is 1.64. The maximum atomic E-state index is 11.8. The minimum atomic E-state index is 0.00404. The van der Waals surface area contributed by atoms with Gasteiger partial charge in [-0.05, 0) is 24.3 Å². The molecule has 0 saturated carbocycles. The monoisotopic (exact) mass is 303 g/mol. The molecule has 1 aliphatic rings. The van der Waals surface area contributed by atoms with Gasteiger partial charge in [0.15, 0.2) is 0 Å². The van der Waals surface area contributed by atoms with Crippen LogP contribution in [0.5, 0.6) is 5.75 Å². The Morgan fingerprint density at radius 3 is 2.81 bits per heavy atom. The minimum Gasteiger partial charge on any atom is -0.497 e. The van der Waals surface area contributed by atoms with Gasteiger partial charge in [-0.15, -0.1) is 0 Å². The van der Waals surface area contributed by atoms with Gasteiger partial charge in [0, 0.05) is 23.5 Å². The molecule has 1 aromatic heterocycles. The Morgan fingerprint density at radius 1 is 1.38 bits per heavy atom. The van der Waals surface area contributed by atoms with E-state index in [-0.39, 0.29) is 5.91 Å². The predicted molar refractivity (Wildman–Crippen MR) is 84.0 cm³/mol. The summed E-state index contributed by atoms with van der Waals surface area (Å²) in [5, 5.41) is 7.63. The SMILES string of the molecule is CCC(=O)Nc1c2c(nn1-c1ccc(OC)cc1)CSC2. The van der Waals surface area contributed by atoms with Gasteiger partial charge in [-0.25, -0.2) is 4.68 Å². The van der Waals surface area contributed by atoms with Crippen molar-refractivity contribution < 1.29 is 9.53 Å². The van der Waals surface area contributed by atoms with Crippen LogP contribution in [0.15, 0.2) is 24.3 Å². The Morgan fingerprint density at radius 2 is 2.14 bits per heavy atom. The number of carbonyl (C=O) groups excluding carboxylic acids is 1. The highest BCUT2D eigenvalue weighted by atomic mass is 32.2. The predicted octanol–water partition coefficient (Wildman–Crippen LogP) is 2.98. The van der Waals surface area contributed by atoms with Crippen molar-refractivity contribution in [3.63, 3.8) is 0 Å². The molecule has 0 saturated heterocycles. The number of rotatable bonds is 4. The van der Waals surface area contributed by atoms with Crippen LogP contribution >= 0.6 is 11.8 Å². The van der Waals surface area contributed by atoms with Crippen molar-refractivity contribution >= 4 is 23.5 Å². The average Bonchev–Trinajstić information content (AvgIpc) is 3.10. The summed E-state index contributed by atoms with van der Waals surface area (Å²) in [5.41, 5.74) is 3.11. The zero-order valence-electron chi connectivity index (χ0n) is 12.0. The second-order valence-corrected chi connectivity index (χ2v) is 5.76. The number of methoxy groups -OCH3 is 1. The summed E-state index contributed by atoms with van der Waals surface area (Å²) in [4.78, 5) is 11.8. The maximum Gasteiger partial charge on any atom is 0.225 e. The lowest BCUT2D eigenvalue weighted by atomic mass is 10.2. The highest BCUT2D eigenvalue weighted by Gasteiger charge is 2.24. The van der Waals surface area contributed by atoms with Crippen molar-refractivity contribution in [3.05, 3.63) is 35.5 Å². The van der Waals surface area contributed by atoms with Crippen LogP contribution in [0.2, 0.25) is 0 Å². The third-order valence-electron chi connectivity index (χ3n) is 3.45. The molecule has 1 amide bonds. The normalized spacial score (nSPS) is 13.0. The molecule has 110 valence electrons. The Kier molecular flexibility index (Phi) is 3.88. The van der Waals surface area contributed by atoms with Gasteiger partial charge in [-0.3, -0.25) is 4.79 Å². The summed E-state index contributed by atoms with van der Waals surface area (Å²) < 4.78 is 6.99. The molecule has 1 aromatic carbocycles. The smallest absolute Gasteiger partial charge is 0.225 e. The van der Waals surface area contributed by atoms with Crippen molar-refractivity contribution in [2.24, 2.45) is 0 Å². The summed E-state index contributed by atoms with van der Waals surface area (Å²) in [5.74, 6) is 3.39. The Bertz CT molecular complexity index is 664. The van der Waals surface area contributed by atoms with E-state index in [0.29, 0.717) is 6.42 Å². The molecule has 2 heterocycles. The molecule has 0 spiro atoms. The number of thioether (sulfide) groups is 1.